The lowest BCUT2D eigenvalue weighted by atomic mass is 10.0. The maximum Gasteiger partial charge on any atom is 0.146 e. The van der Waals surface area contributed by atoms with Crippen LogP contribution in [-0.2, 0) is 4.74 Å². The van der Waals surface area contributed by atoms with Crippen molar-refractivity contribution in [2.24, 2.45) is 5.73 Å². The van der Waals surface area contributed by atoms with Gasteiger partial charge in [-0.1, -0.05) is 12.1 Å². The number of hydrogen-bond acceptors (Lipinski definition) is 3. The number of ether oxygens (including phenoxy) is 1. The highest BCUT2D eigenvalue weighted by molar-refractivity contribution is 5.56. The lowest BCUT2D eigenvalue weighted by molar-refractivity contribution is 0.0853. The van der Waals surface area contributed by atoms with E-state index in [1.165, 1.54) is 6.07 Å². The predicted octanol–water partition coefficient (Wildman–Crippen LogP) is 2.46. The molecule has 0 amide bonds. The third kappa shape index (κ3) is 2.65. The molecule has 2 rings (SSSR count). The third-order valence-electron chi connectivity index (χ3n) is 3.60. The second-order valence-corrected chi connectivity index (χ2v) is 4.92. The van der Waals surface area contributed by atoms with Gasteiger partial charge in [0.05, 0.1) is 5.69 Å². The van der Waals surface area contributed by atoms with Gasteiger partial charge in [0.25, 0.3) is 0 Å². The first-order valence-electron chi connectivity index (χ1n) is 6.46. The van der Waals surface area contributed by atoms with Crippen molar-refractivity contribution in [3.05, 3.63) is 29.6 Å². The van der Waals surface area contributed by atoms with Gasteiger partial charge >= 0.3 is 0 Å². The Balaban J connectivity index is 2.30. The van der Waals surface area contributed by atoms with Crippen LogP contribution in [0, 0.1) is 5.82 Å². The number of para-hydroxylation sites is 1. The van der Waals surface area contributed by atoms with Gasteiger partial charge in [-0.15, -0.1) is 0 Å². The zero-order valence-corrected chi connectivity index (χ0v) is 11.0. The minimum Gasteiger partial charge on any atom is -0.381 e. The van der Waals surface area contributed by atoms with Crippen molar-refractivity contribution in [1.82, 2.24) is 0 Å². The Kier molecular flexibility index (Phi) is 4.19. The smallest absolute Gasteiger partial charge is 0.146 e. The number of nitrogens with zero attached hydrogens (tertiary/aromatic N) is 1. The first-order chi connectivity index (χ1) is 8.61. The Morgan fingerprint density at radius 1 is 1.39 bits per heavy atom. The van der Waals surface area contributed by atoms with E-state index in [9.17, 15) is 4.39 Å². The molecule has 1 unspecified atom stereocenters. The highest BCUT2D eigenvalue weighted by atomic mass is 19.1. The van der Waals surface area contributed by atoms with Crippen LogP contribution in [0.3, 0.4) is 0 Å². The van der Waals surface area contributed by atoms with Crippen LogP contribution >= 0.6 is 0 Å². The molecule has 1 aromatic carbocycles. The van der Waals surface area contributed by atoms with Gasteiger partial charge in [0, 0.05) is 32.3 Å². The summed E-state index contributed by atoms with van der Waals surface area (Å²) in [6.45, 7) is 3.38. The Morgan fingerprint density at radius 2 is 2.06 bits per heavy atom. The van der Waals surface area contributed by atoms with Crippen LogP contribution in [0.15, 0.2) is 18.2 Å². The molecule has 1 atom stereocenters. The summed E-state index contributed by atoms with van der Waals surface area (Å²) in [5.41, 5.74) is 7.44. The second kappa shape index (κ2) is 5.67. The number of rotatable bonds is 3. The Morgan fingerprint density at radius 3 is 2.67 bits per heavy atom. The molecule has 0 saturated carbocycles. The largest absolute Gasteiger partial charge is 0.381 e. The van der Waals surface area contributed by atoms with E-state index in [-0.39, 0.29) is 11.9 Å². The first-order valence-corrected chi connectivity index (χ1v) is 6.46. The number of halogens is 1. The van der Waals surface area contributed by atoms with E-state index in [1.807, 2.05) is 24.9 Å². The molecule has 0 aromatic heterocycles. The van der Waals surface area contributed by atoms with E-state index >= 15 is 0 Å². The van der Waals surface area contributed by atoms with Crippen LogP contribution in [-0.4, -0.2) is 26.3 Å². The number of anilines is 1. The van der Waals surface area contributed by atoms with Crippen molar-refractivity contribution in [1.29, 1.82) is 0 Å². The van der Waals surface area contributed by atoms with E-state index in [2.05, 4.69) is 0 Å². The zero-order chi connectivity index (χ0) is 13.1. The quantitative estimate of drug-likeness (QED) is 0.898. The van der Waals surface area contributed by atoms with Crippen molar-refractivity contribution >= 4 is 5.69 Å². The first kappa shape index (κ1) is 13.3. The van der Waals surface area contributed by atoms with Crippen molar-refractivity contribution < 1.29 is 9.13 Å². The van der Waals surface area contributed by atoms with Gasteiger partial charge in [-0.05, 0) is 31.4 Å². The molecule has 1 aromatic rings. The van der Waals surface area contributed by atoms with Gasteiger partial charge in [0.2, 0.25) is 0 Å². The molecule has 1 fully saturated rings. The lowest BCUT2D eigenvalue weighted by Crippen LogP contribution is -2.38. The van der Waals surface area contributed by atoms with Gasteiger partial charge in [0.1, 0.15) is 5.82 Å². The topological polar surface area (TPSA) is 38.5 Å². The van der Waals surface area contributed by atoms with E-state index in [0.717, 1.165) is 31.6 Å². The maximum atomic E-state index is 14.1. The molecule has 2 N–H and O–H groups in total. The van der Waals surface area contributed by atoms with E-state index in [4.69, 9.17) is 10.5 Å². The molecule has 0 aliphatic carbocycles. The van der Waals surface area contributed by atoms with Crippen molar-refractivity contribution in [2.45, 2.75) is 31.8 Å². The molecule has 3 nitrogen and oxygen atoms in total. The molecule has 1 saturated heterocycles. The summed E-state index contributed by atoms with van der Waals surface area (Å²) < 4.78 is 19.4. The van der Waals surface area contributed by atoms with Crippen LogP contribution in [0.5, 0.6) is 0 Å². The monoisotopic (exact) mass is 252 g/mol. The molecule has 4 heteroatoms. The van der Waals surface area contributed by atoms with Crippen LogP contribution < -0.4 is 10.6 Å². The summed E-state index contributed by atoms with van der Waals surface area (Å²) in [7, 11) is 1.94. The minimum absolute atomic E-state index is 0.169. The molecular weight excluding hydrogens is 231 g/mol. The summed E-state index contributed by atoms with van der Waals surface area (Å²) in [5.74, 6) is -0.196. The molecule has 1 aliphatic rings. The summed E-state index contributed by atoms with van der Waals surface area (Å²) in [6, 6.07) is 5.27. The fourth-order valence-corrected chi connectivity index (χ4v) is 2.53. The maximum absolute atomic E-state index is 14.1. The fraction of sp³-hybridized carbons (Fsp3) is 0.571. The summed E-state index contributed by atoms with van der Waals surface area (Å²) in [6.07, 6.45) is 1.87. The highest BCUT2D eigenvalue weighted by Gasteiger charge is 2.23. The third-order valence-corrected chi connectivity index (χ3v) is 3.60. The average molecular weight is 252 g/mol. The molecular formula is C14H21FN2O. The molecule has 100 valence electrons. The Bertz CT molecular complexity index is 403. The van der Waals surface area contributed by atoms with Gasteiger partial charge in [-0.2, -0.15) is 0 Å². The van der Waals surface area contributed by atoms with E-state index < -0.39 is 0 Å². The van der Waals surface area contributed by atoms with Gasteiger partial charge < -0.3 is 15.4 Å². The van der Waals surface area contributed by atoms with Gasteiger partial charge in [-0.25, -0.2) is 4.39 Å². The van der Waals surface area contributed by atoms with Crippen LogP contribution in [0.2, 0.25) is 0 Å². The number of benzene rings is 1. The highest BCUT2D eigenvalue weighted by Crippen LogP contribution is 2.30. The van der Waals surface area contributed by atoms with E-state index in [0.29, 0.717) is 11.7 Å². The van der Waals surface area contributed by atoms with E-state index in [1.54, 1.807) is 6.07 Å². The molecule has 1 aliphatic heterocycles. The minimum atomic E-state index is -0.196. The summed E-state index contributed by atoms with van der Waals surface area (Å²) in [4.78, 5) is 2.02. The van der Waals surface area contributed by atoms with Crippen LogP contribution in [0.1, 0.15) is 31.4 Å². The zero-order valence-electron chi connectivity index (χ0n) is 11.0. The molecule has 0 radical (unpaired) electrons. The van der Waals surface area contributed by atoms with Gasteiger partial charge in [-0.3, -0.25) is 0 Å². The van der Waals surface area contributed by atoms with Gasteiger partial charge in [0.15, 0.2) is 0 Å². The Labute approximate surface area is 108 Å². The molecule has 18 heavy (non-hydrogen) atoms. The second-order valence-electron chi connectivity index (χ2n) is 4.92. The predicted molar refractivity (Wildman–Crippen MR) is 71.2 cm³/mol. The average Bonchev–Trinajstić information content (AvgIpc) is 2.38. The molecule has 0 bridgehead atoms. The fourth-order valence-electron chi connectivity index (χ4n) is 2.53. The van der Waals surface area contributed by atoms with Crippen molar-refractivity contribution in [3.8, 4) is 0 Å². The number of hydrogen-bond donors (Lipinski definition) is 1. The normalized spacial score (nSPS) is 18.7. The lowest BCUT2D eigenvalue weighted by Gasteiger charge is -2.34. The SMILES string of the molecule is CC(N)c1cccc(F)c1N(C)C1CCOCC1. The molecule has 1 heterocycles. The number of nitrogens with two attached hydrogens (primary N) is 1. The Hall–Kier alpha value is -1.13. The van der Waals surface area contributed by atoms with Crippen molar-refractivity contribution in [2.75, 3.05) is 25.2 Å². The summed E-state index contributed by atoms with van der Waals surface area (Å²) >= 11 is 0. The summed E-state index contributed by atoms with van der Waals surface area (Å²) in [5, 5.41) is 0. The standard InChI is InChI=1S/C14H21FN2O/c1-10(16)12-4-3-5-13(15)14(12)17(2)11-6-8-18-9-7-11/h3-5,10-11H,6-9,16H2,1-2H3. The van der Waals surface area contributed by atoms with Crippen LogP contribution in [0.4, 0.5) is 10.1 Å². The van der Waals surface area contributed by atoms with Crippen molar-refractivity contribution in [3.63, 3.8) is 0 Å². The van der Waals surface area contributed by atoms with Crippen LogP contribution in [0.25, 0.3) is 0 Å². The molecule has 0 spiro atoms.